The molecule has 0 spiro atoms. The van der Waals surface area contributed by atoms with Crippen LogP contribution in [0.25, 0.3) is 0 Å². The predicted octanol–water partition coefficient (Wildman–Crippen LogP) is 3.65. The van der Waals surface area contributed by atoms with Gasteiger partial charge in [0.15, 0.2) is 6.61 Å². The maximum Gasteiger partial charge on any atom is 0.174 e. The number of ether oxygens (including phenoxy) is 1. The molecule has 4 heteroatoms. The number of furan rings is 1. The molecule has 4 nitrogen and oxygen atoms in total. The molecule has 1 atom stereocenters. The zero-order valence-corrected chi connectivity index (χ0v) is 12.6. The summed E-state index contributed by atoms with van der Waals surface area (Å²) in [5.74, 6) is 2.62. The lowest BCUT2D eigenvalue weighted by molar-refractivity contribution is 0.368. The van der Waals surface area contributed by atoms with E-state index in [-0.39, 0.29) is 12.6 Å². The van der Waals surface area contributed by atoms with E-state index < -0.39 is 0 Å². The van der Waals surface area contributed by atoms with Crippen LogP contribution in [0.1, 0.15) is 35.6 Å². The maximum atomic E-state index is 8.47. The highest BCUT2D eigenvalue weighted by Crippen LogP contribution is 2.21. The van der Waals surface area contributed by atoms with E-state index >= 15 is 0 Å². The van der Waals surface area contributed by atoms with Crippen molar-refractivity contribution in [1.82, 2.24) is 5.32 Å². The molecular formula is C17H20N2O2. The maximum absolute atomic E-state index is 8.47. The fourth-order valence-electron chi connectivity index (χ4n) is 2.28. The fourth-order valence-corrected chi connectivity index (χ4v) is 2.28. The molecule has 0 aliphatic rings. The van der Waals surface area contributed by atoms with Gasteiger partial charge in [0, 0.05) is 18.2 Å². The Bertz CT molecular complexity index is 623. The fraction of sp³-hybridized carbons (Fsp3) is 0.353. The predicted molar refractivity (Wildman–Crippen MR) is 81.0 cm³/mol. The van der Waals surface area contributed by atoms with Gasteiger partial charge in [0.1, 0.15) is 23.3 Å². The first-order chi connectivity index (χ1) is 10.1. The molecule has 0 saturated heterocycles. The van der Waals surface area contributed by atoms with Crippen LogP contribution in [0.4, 0.5) is 0 Å². The average molecular weight is 284 g/mol. The number of nitrogens with zero attached hydrogens (tertiary/aromatic N) is 1. The quantitative estimate of drug-likeness (QED) is 0.879. The second kappa shape index (κ2) is 6.96. The smallest absolute Gasteiger partial charge is 0.174 e. The second-order valence-electron chi connectivity index (χ2n) is 5.06. The van der Waals surface area contributed by atoms with Crippen molar-refractivity contribution in [3.05, 3.63) is 53.0 Å². The summed E-state index contributed by atoms with van der Waals surface area (Å²) in [5.41, 5.74) is 2.37. The number of aryl methyl sites for hydroxylation is 2. The van der Waals surface area contributed by atoms with Crippen molar-refractivity contribution in [3.63, 3.8) is 0 Å². The molecule has 0 fully saturated rings. The molecule has 1 aromatic carbocycles. The summed E-state index contributed by atoms with van der Waals surface area (Å²) in [6, 6.07) is 12.0. The van der Waals surface area contributed by atoms with Crippen LogP contribution in [0.2, 0.25) is 0 Å². The van der Waals surface area contributed by atoms with Crippen molar-refractivity contribution in [3.8, 4) is 11.8 Å². The summed E-state index contributed by atoms with van der Waals surface area (Å²) < 4.78 is 10.8. The van der Waals surface area contributed by atoms with E-state index in [1.54, 1.807) is 0 Å². The number of hydrogen-bond acceptors (Lipinski definition) is 4. The van der Waals surface area contributed by atoms with Crippen LogP contribution in [-0.4, -0.2) is 6.61 Å². The zero-order valence-electron chi connectivity index (χ0n) is 12.6. The third-order valence-electron chi connectivity index (χ3n) is 3.38. The van der Waals surface area contributed by atoms with E-state index in [0.717, 1.165) is 23.8 Å². The topological polar surface area (TPSA) is 58.2 Å². The molecule has 110 valence electrons. The zero-order chi connectivity index (χ0) is 15.2. The summed E-state index contributed by atoms with van der Waals surface area (Å²) in [5, 5.41) is 11.9. The van der Waals surface area contributed by atoms with Crippen LogP contribution >= 0.6 is 0 Å². The molecule has 0 bridgehead atoms. The highest BCUT2D eigenvalue weighted by Gasteiger charge is 2.11. The molecule has 1 heterocycles. The van der Waals surface area contributed by atoms with E-state index in [1.807, 2.05) is 44.2 Å². The van der Waals surface area contributed by atoms with Crippen molar-refractivity contribution in [2.45, 2.75) is 33.4 Å². The molecule has 1 unspecified atom stereocenters. The van der Waals surface area contributed by atoms with Gasteiger partial charge in [-0.1, -0.05) is 12.1 Å². The van der Waals surface area contributed by atoms with Gasteiger partial charge in [0.2, 0.25) is 0 Å². The molecule has 1 aromatic heterocycles. The van der Waals surface area contributed by atoms with E-state index in [1.165, 1.54) is 11.1 Å². The van der Waals surface area contributed by atoms with Gasteiger partial charge in [-0.15, -0.1) is 0 Å². The third kappa shape index (κ3) is 4.11. The first-order valence-corrected chi connectivity index (χ1v) is 6.99. The summed E-state index contributed by atoms with van der Waals surface area (Å²) in [4.78, 5) is 0. The number of benzene rings is 1. The number of nitrogens with one attached hydrogen (secondary N) is 1. The lowest BCUT2D eigenvalue weighted by Crippen LogP contribution is -2.18. The summed E-state index contributed by atoms with van der Waals surface area (Å²) >= 11 is 0. The molecule has 0 amide bonds. The summed E-state index contributed by atoms with van der Waals surface area (Å²) in [6.07, 6.45) is 0. The Kier molecular flexibility index (Phi) is 5.02. The number of hydrogen-bond donors (Lipinski definition) is 1. The second-order valence-corrected chi connectivity index (χ2v) is 5.06. The van der Waals surface area contributed by atoms with E-state index in [9.17, 15) is 0 Å². The Morgan fingerprint density at radius 1 is 1.29 bits per heavy atom. The molecule has 0 aliphatic carbocycles. The molecule has 0 aliphatic heterocycles. The van der Waals surface area contributed by atoms with Crippen LogP contribution in [0.3, 0.4) is 0 Å². The Hall–Kier alpha value is -2.25. The third-order valence-corrected chi connectivity index (χ3v) is 3.38. The van der Waals surface area contributed by atoms with E-state index in [4.69, 9.17) is 14.4 Å². The Balaban J connectivity index is 1.90. The Morgan fingerprint density at radius 2 is 2.00 bits per heavy atom. The van der Waals surface area contributed by atoms with Crippen molar-refractivity contribution < 1.29 is 9.15 Å². The van der Waals surface area contributed by atoms with Crippen molar-refractivity contribution in [2.24, 2.45) is 0 Å². The number of nitriles is 1. The monoisotopic (exact) mass is 284 g/mol. The first kappa shape index (κ1) is 15.1. The summed E-state index contributed by atoms with van der Waals surface area (Å²) in [6.45, 7) is 6.92. The van der Waals surface area contributed by atoms with Gasteiger partial charge in [-0.25, -0.2) is 0 Å². The van der Waals surface area contributed by atoms with Gasteiger partial charge >= 0.3 is 0 Å². The van der Waals surface area contributed by atoms with Crippen molar-refractivity contribution in [2.75, 3.05) is 6.61 Å². The number of rotatable bonds is 6. The van der Waals surface area contributed by atoms with Gasteiger partial charge in [0.05, 0.1) is 0 Å². The van der Waals surface area contributed by atoms with Gasteiger partial charge in [-0.3, -0.25) is 0 Å². The van der Waals surface area contributed by atoms with Gasteiger partial charge in [0.25, 0.3) is 0 Å². The molecule has 21 heavy (non-hydrogen) atoms. The molecule has 2 rings (SSSR count). The average Bonchev–Trinajstić information content (AvgIpc) is 2.82. The minimum Gasteiger partial charge on any atom is -0.479 e. The molecule has 1 N–H and O–H groups in total. The minimum atomic E-state index is 0.0771. The minimum absolute atomic E-state index is 0.0771. The van der Waals surface area contributed by atoms with Crippen LogP contribution in [-0.2, 0) is 6.54 Å². The highest BCUT2D eigenvalue weighted by molar-refractivity contribution is 5.28. The van der Waals surface area contributed by atoms with E-state index in [0.29, 0.717) is 0 Å². The molecular weight excluding hydrogens is 264 g/mol. The van der Waals surface area contributed by atoms with Crippen LogP contribution in [0.5, 0.6) is 5.75 Å². The summed E-state index contributed by atoms with van der Waals surface area (Å²) in [7, 11) is 0. The SMILES string of the molecule is Cc1cc(C(C)NCc2ccc(OCC#N)cc2)c(C)o1. The van der Waals surface area contributed by atoms with Gasteiger partial charge in [-0.2, -0.15) is 5.26 Å². The first-order valence-electron chi connectivity index (χ1n) is 6.99. The largest absolute Gasteiger partial charge is 0.479 e. The van der Waals surface area contributed by atoms with E-state index in [2.05, 4.69) is 18.3 Å². The van der Waals surface area contributed by atoms with Crippen molar-refractivity contribution in [1.29, 1.82) is 5.26 Å². The lowest BCUT2D eigenvalue weighted by atomic mass is 10.1. The normalized spacial score (nSPS) is 11.9. The molecule has 0 radical (unpaired) electrons. The Morgan fingerprint density at radius 3 is 2.57 bits per heavy atom. The lowest BCUT2D eigenvalue weighted by Gasteiger charge is -2.13. The Labute approximate surface area is 125 Å². The van der Waals surface area contributed by atoms with Crippen LogP contribution in [0.15, 0.2) is 34.7 Å². The van der Waals surface area contributed by atoms with Crippen molar-refractivity contribution >= 4 is 0 Å². The molecule has 0 saturated carbocycles. The van der Waals surface area contributed by atoms with Gasteiger partial charge in [-0.05, 0) is 44.5 Å². The van der Waals surface area contributed by atoms with Crippen LogP contribution in [0, 0.1) is 25.2 Å². The standard InChI is InChI=1S/C17H20N2O2/c1-12-10-17(14(3)21-12)13(2)19-11-15-4-6-16(7-5-15)20-9-8-18/h4-7,10,13,19H,9,11H2,1-3H3. The van der Waals surface area contributed by atoms with Crippen LogP contribution < -0.4 is 10.1 Å². The van der Waals surface area contributed by atoms with Gasteiger partial charge < -0.3 is 14.5 Å². The highest BCUT2D eigenvalue weighted by atomic mass is 16.5. The molecule has 2 aromatic rings.